The molecule has 8 rings (SSSR count). The molecule has 0 radical (unpaired) electrons. The van der Waals surface area contributed by atoms with Crippen molar-refractivity contribution in [1.29, 1.82) is 0 Å². The summed E-state index contributed by atoms with van der Waals surface area (Å²) in [5.74, 6) is 0.620. The van der Waals surface area contributed by atoms with Crippen molar-refractivity contribution >= 4 is 31.9 Å². The van der Waals surface area contributed by atoms with E-state index in [9.17, 15) is 8.78 Å². The predicted molar refractivity (Wildman–Crippen MR) is 209 cm³/mol. The van der Waals surface area contributed by atoms with Gasteiger partial charge in [-0.2, -0.15) is 0 Å². The second-order valence-electron chi connectivity index (χ2n) is 13.4. The Hall–Kier alpha value is -3.96. The fraction of sp³-hybridized carbons (Fsp3) is 0.268. The summed E-state index contributed by atoms with van der Waals surface area (Å²) in [5.41, 5.74) is 11.0. The Morgan fingerprint density at radius 1 is 0.588 bits per heavy atom. The maximum atomic E-state index is 13.4. The minimum absolute atomic E-state index is 0.218. The van der Waals surface area contributed by atoms with Crippen LogP contribution in [0, 0.1) is 11.6 Å². The van der Waals surface area contributed by atoms with Crippen molar-refractivity contribution < 1.29 is 8.78 Å². The van der Waals surface area contributed by atoms with Crippen molar-refractivity contribution in [3.63, 3.8) is 0 Å². The van der Waals surface area contributed by atoms with Crippen molar-refractivity contribution in [2.75, 3.05) is 33.2 Å². The number of hydrogen-bond donors (Lipinski definition) is 3. The van der Waals surface area contributed by atoms with E-state index in [1.54, 1.807) is 12.4 Å². The monoisotopic (exact) mass is 812 g/mol. The molecular formula is C41H40Br2F2N6. The number of pyridine rings is 2. The summed E-state index contributed by atoms with van der Waals surface area (Å²) in [6, 6.07) is 25.9. The summed E-state index contributed by atoms with van der Waals surface area (Å²) < 4.78 is 28.3. The largest absolute Gasteiger partial charge is 0.358 e. The van der Waals surface area contributed by atoms with E-state index in [4.69, 9.17) is 0 Å². The molecule has 3 N–H and O–H groups in total. The lowest BCUT2D eigenvalue weighted by molar-refractivity contribution is 0.253. The van der Waals surface area contributed by atoms with Crippen molar-refractivity contribution in [2.24, 2.45) is 0 Å². The highest BCUT2D eigenvalue weighted by Gasteiger charge is 2.23. The molecule has 2 fully saturated rings. The van der Waals surface area contributed by atoms with Gasteiger partial charge in [-0.15, -0.1) is 0 Å². The number of aromatic nitrogens is 4. The third-order valence-electron chi connectivity index (χ3n) is 9.96. The minimum atomic E-state index is -0.220. The van der Waals surface area contributed by atoms with Gasteiger partial charge in [0.25, 0.3) is 0 Å². The number of aromatic amines is 2. The van der Waals surface area contributed by atoms with Gasteiger partial charge in [-0.25, -0.2) is 18.7 Å². The first kappa shape index (κ1) is 35.4. The molecule has 0 bridgehead atoms. The molecule has 2 saturated heterocycles. The molecule has 262 valence electrons. The first-order chi connectivity index (χ1) is 24.8. The fourth-order valence-electron chi connectivity index (χ4n) is 7.13. The van der Waals surface area contributed by atoms with Gasteiger partial charge in [-0.3, -0.25) is 0 Å². The Kier molecular flexibility index (Phi) is 11.2. The van der Waals surface area contributed by atoms with Gasteiger partial charge >= 0.3 is 0 Å². The van der Waals surface area contributed by atoms with Crippen molar-refractivity contribution in [3.8, 4) is 44.8 Å². The summed E-state index contributed by atoms with van der Waals surface area (Å²) in [4.78, 5) is 18.1. The van der Waals surface area contributed by atoms with Crippen molar-refractivity contribution in [3.05, 3.63) is 130 Å². The molecule has 6 heterocycles. The van der Waals surface area contributed by atoms with Gasteiger partial charge in [-0.05, 0) is 198 Å². The van der Waals surface area contributed by atoms with Crippen LogP contribution in [0.5, 0.6) is 0 Å². The second-order valence-corrected chi connectivity index (χ2v) is 15.0. The topological polar surface area (TPSA) is 72.6 Å². The smallest absolute Gasteiger partial charge is 0.123 e. The number of hydrogen-bond acceptors (Lipinski definition) is 4. The van der Waals surface area contributed by atoms with Crippen LogP contribution < -0.4 is 5.32 Å². The van der Waals surface area contributed by atoms with E-state index in [-0.39, 0.29) is 11.6 Å². The van der Waals surface area contributed by atoms with Crippen LogP contribution >= 0.6 is 31.9 Å². The van der Waals surface area contributed by atoms with Crippen LogP contribution in [0.15, 0.2) is 107 Å². The van der Waals surface area contributed by atoms with E-state index in [2.05, 4.69) is 81.2 Å². The standard InChI is InChI=1S/C21H21BrFN3.C20H19BrFN3/c1-26-10-7-14(8-11-26)19-13-18(16-6-9-24-20(22)12-16)21(25-19)15-2-4-17(23)5-3-15;21-19-11-15(7-10-24-19)17-12-18(13-5-8-23-9-6-13)25-20(17)14-1-3-16(22)4-2-14/h2-6,9,12-14,25H,7-8,10-11H2,1H3;1-4,7,10-13,23,25H,5-6,8-9H2. The third kappa shape index (κ3) is 8.58. The number of nitrogens with zero attached hydrogens (tertiary/aromatic N) is 3. The molecule has 0 spiro atoms. The molecule has 10 heteroatoms. The normalized spacial score (nSPS) is 15.8. The first-order valence-electron chi connectivity index (χ1n) is 17.4. The lowest BCUT2D eigenvalue weighted by Crippen LogP contribution is -2.29. The Morgan fingerprint density at radius 3 is 1.45 bits per heavy atom. The molecule has 0 atom stereocenters. The molecule has 2 aliphatic heterocycles. The van der Waals surface area contributed by atoms with Gasteiger partial charge in [0.05, 0.1) is 11.4 Å². The number of H-pyrrole nitrogens is 2. The fourth-order valence-corrected chi connectivity index (χ4v) is 7.86. The highest BCUT2D eigenvalue weighted by Crippen LogP contribution is 2.39. The Bertz CT molecular complexity index is 2060. The molecule has 2 aromatic carbocycles. The maximum Gasteiger partial charge on any atom is 0.123 e. The highest BCUT2D eigenvalue weighted by atomic mass is 79.9. The van der Waals surface area contributed by atoms with Gasteiger partial charge in [0, 0.05) is 46.7 Å². The first-order valence-corrected chi connectivity index (χ1v) is 19.0. The lowest BCUT2D eigenvalue weighted by Gasteiger charge is -2.28. The van der Waals surface area contributed by atoms with E-state index in [0.717, 1.165) is 106 Å². The SMILES string of the molecule is CN1CCC(c2cc(-c3ccnc(Br)c3)c(-c3ccc(F)cc3)[nH]2)CC1.Fc1ccc(-c2[nH]c(C3CCNCC3)cc2-c2ccnc(Br)c2)cc1. The zero-order valence-electron chi connectivity index (χ0n) is 28.4. The van der Waals surface area contributed by atoms with Crippen LogP contribution in [-0.4, -0.2) is 58.1 Å². The number of nitrogens with one attached hydrogen (secondary N) is 3. The van der Waals surface area contributed by atoms with Crippen LogP contribution in [0.1, 0.15) is 48.9 Å². The minimum Gasteiger partial charge on any atom is -0.358 e. The Morgan fingerprint density at radius 2 is 1.02 bits per heavy atom. The van der Waals surface area contributed by atoms with Gasteiger partial charge in [0.2, 0.25) is 0 Å². The van der Waals surface area contributed by atoms with Gasteiger partial charge in [0.1, 0.15) is 20.8 Å². The Balaban J connectivity index is 0.000000159. The molecular weight excluding hydrogens is 774 g/mol. The second kappa shape index (κ2) is 16.2. The van der Waals surface area contributed by atoms with E-state index >= 15 is 0 Å². The number of halogens is 4. The molecule has 0 amide bonds. The van der Waals surface area contributed by atoms with Crippen LogP contribution in [0.3, 0.4) is 0 Å². The van der Waals surface area contributed by atoms with E-state index in [0.29, 0.717) is 11.8 Å². The van der Waals surface area contributed by atoms with Crippen LogP contribution in [0.25, 0.3) is 44.8 Å². The zero-order chi connectivity index (χ0) is 35.3. The van der Waals surface area contributed by atoms with E-state index in [1.807, 2.05) is 48.5 Å². The molecule has 0 saturated carbocycles. The summed E-state index contributed by atoms with van der Waals surface area (Å²) in [7, 11) is 2.18. The molecule has 6 nitrogen and oxygen atoms in total. The summed E-state index contributed by atoms with van der Waals surface area (Å²) in [6.07, 6.45) is 8.16. The summed E-state index contributed by atoms with van der Waals surface area (Å²) in [5, 5.41) is 3.41. The van der Waals surface area contributed by atoms with Crippen molar-refractivity contribution in [1.82, 2.24) is 30.2 Å². The molecule has 0 unspecified atom stereocenters. The van der Waals surface area contributed by atoms with Gasteiger partial charge in [0.15, 0.2) is 0 Å². The van der Waals surface area contributed by atoms with Crippen LogP contribution in [0.2, 0.25) is 0 Å². The zero-order valence-corrected chi connectivity index (χ0v) is 31.6. The average molecular weight is 815 g/mol. The summed E-state index contributed by atoms with van der Waals surface area (Å²) >= 11 is 6.92. The predicted octanol–water partition coefficient (Wildman–Crippen LogP) is 10.6. The quantitative estimate of drug-likeness (QED) is 0.147. The molecule has 2 aliphatic rings. The third-order valence-corrected chi connectivity index (χ3v) is 10.8. The number of likely N-dealkylation sites (tertiary alicyclic amines) is 1. The molecule has 6 aromatic rings. The number of piperidine rings is 2. The van der Waals surface area contributed by atoms with Gasteiger partial charge in [-0.1, -0.05) is 0 Å². The maximum absolute atomic E-state index is 13.4. The summed E-state index contributed by atoms with van der Waals surface area (Å²) in [6.45, 7) is 4.33. The lowest BCUT2D eigenvalue weighted by atomic mass is 9.93. The van der Waals surface area contributed by atoms with Crippen LogP contribution in [0.4, 0.5) is 8.78 Å². The number of benzene rings is 2. The highest BCUT2D eigenvalue weighted by molar-refractivity contribution is 9.10. The molecule has 4 aromatic heterocycles. The molecule has 0 aliphatic carbocycles. The number of rotatable bonds is 6. The molecule has 51 heavy (non-hydrogen) atoms. The van der Waals surface area contributed by atoms with Crippen molar-refractivity contribution in [2.45, 2.75) is 37.5 Å². The van der Waals surface area contributed by atoms with Gasteiger partial charge < -0.3 is 20.2 Å². The van der Waals surface area contributed by atoms with Crippen LogP contribution in [-0.2, 0) is 0 Å². The van der Waals surface area contributed by atoms with E-state index < -0.39 is 0 Å². The Labute approximate surface area is 314 Å². The average Bonchev–Trinajstić information content (AvgIpc) is 3.80. The van der Waals surface area contributed by atoms with E-state index in [1.165, 1.54) is 35.7 Å².